The maximum atomic E-state index is 12.7. The van der Waals surface area contributed by atoms with E-state index in [1.165, 1.54) is 6.92 Å². The minimum absolute atomic E-state index is 0.237. The SMILES string of the molecule is CC.COc1ccc(-c2c(C)c(-c3ccc(C)c(C)c3)c(NC(C)=O)c(C)c2C(OC(C)(C)C)C(=O)O)cc1. The van der Waals surface area contributed by atoms with Crippen molar-refractivity contribution in [2.75, 3.05) is 12.4 Å². The highest BCUT2D eigenvalue weighted by molar-refractivity contribution is 6.00. The van der Waals surface area contributed by atoms with Gasteiger partial charge in [-0.15, -0.1) is 0 Å². The molecule has 0 radical (unpaired) electrons. The van der Waals surface area contributed by atoms with Gasteiger partial charge >= 0.3 is 5.97 Å². The predicted octanol–water partition coefficient (Wildman–Crippen LogP) is 8.19. The van der Waals surface area contributed by atoms with Gasteiger partial charge < -0.3 is 19.9 Å². The van der Waals surface area contributed by atoms with E-state index in [9.17, 15) is 14.7 Å². The third kappa shape index (κ3) is 7.27. The van der Waals surface area contributed by atoms with Gasteiger partial charge in [0, 0.05) is 18.1 Å². The molecule has 0 aliphatic heterocycles. The molecule has 3 aromatic carbocycles. The molecule has 0 aliphatic rings. The third-order valence-corrected chi connectivity index (χ3v) is 6.48. The monoisotopic (exact) mass is 533 g/mol. The fraction of sp³-hybridized carbons (Fsp3) is 0.394. The van der Waals surface area contributed by atoms with E-state index < -0.39 is 17.7 Å². The van der Waals surface area contributed by atoms with E-state index >= 15 is 0 Å². The number of carbonyl (C=O) groups is 2. The predicted molar refractivity (Wildman–Crippen MR) is 160 cm³/mol. The molecule has 0 bridgehead atoms. The molecule has 6 heteroatoms. The molecule has 0 spiro atoms. The topological polar surface area (TPSA) is 84.9 Å². The van der Waals surface area contributed by atoms with Crippen LogP contribution >= 0.6 is 0 Å². The number of hydrogen-bond donors (Lipinski definition) is 2. The molecule has 1 unspecified atom stereocenters. The van der Waals surface area contributed by atoms with E-state index in [0.29, 0.717) is 22.6 Å². The maximum Gasteiger partial charge on any atom is 0.337 e. The molecule has 1 atom stereocenters. The summed E-state index contributed by atoms with van der Waals surface area (Å²) in [7, 11) is 1.60. The number of hydrogen-bond acceptors (Lipinski definition) is 4. The zero-order chi connectivity index (χ0) is 29.7. The molecule has 0 heterocycles. The summed E-state index contributed by atoms with van der Waals surface area (Å²) in [4.78, 5) is 25.0. The van der Waals surface area contributed by atoms with Crippen LogP contribution in [0.5, 0.6) is 5.75 Å². The van der Waals surface area contributed by atoms with Crippen molar-refractivity contribution in [3.8, 4) is 28.0 Å². The number of carboxylic acids is 1. The van der Waals surface area contributed by atoms with Crippen molar-refractivity contribution in [3.63, 3.8) is 0 Å². The first kappa shape index (κ1) is 31.6. The highest BCUT2D eigenvalue weighted by Gasteiger charge is 2.34. The molecule has 0 aromatic heterocycles. The van der Waals surface area contributed by atoms with Crippen LogP contribution in [-0.2, 0) is 14.3 Å². The second kappa shape index (κ2) is 12.9. The van der Waals surface area contributed by atoms with Crippen molar-refractivity contribution in [3.05, 3.63) is 70.3 Å². The maximum absolute atomic E-state index is 12.7. The first-order valence-corrected chi connectivity index (χ1v) is 13.3. The largest absolute Gasteiger partial charge is 0.497 e. The second-order valence-electron chi connectivity index (χ2n) is 10.4. The minimum Gasteiger partial charge on any atom is -0.497 e. The standard InChI is InChI=1S/C31H37NO5.C2H6/c1-17-10-11-23(16-18(17)2)26-19(3)25(22-12-14-24(36-9)15-13-22)27(20(4)28(26)32-21(5)33)29(30(34)35)37-31(6,7)8;1-2/h10-16,29H,1-9H3,(H,32,33)(H,34,35);1-2H3. The van der Waals surface area contributed by atoms with Gasteiger partial charge in [0.2, 0.25) is 5.91 Å². The molecular weight excluding hydrogens is 490 g/mol. The molecule has 2 N–H and O–H groups in total. The Morgan fingerprint density at radius 1 is 0.846 bits per heavy atom. The van der Waals surface area contributed by atoms with E-state index in [0.717, 1.165) is 38.9 Å². The van der Waals surface area contributed by atoms with Gasteiger partial charge in [-0.1, -0.05) is 44.2 Å². The van der Waals surface area contributed by atoms with Gasteiger partial charge in [0.05, 0.1) is 18.4 Å². The molecule has 0 fully saturated rings. The average Bonchev–Trinajstić information content (AvgIpc) is 2.87. The summed E-state index contributed by atoms with van der Waals surface area (Å²) in [6.45, 7) is 18.9. The lowest BCUT2D eigenvalue weighted by Gasteiger charge is -2.31. The van der Waals surface area contributed by atoms with Gasteiger partial charge in [-0.2, -0.15) is 0 Å². The van der Waals surface area contributed by atoms with E-state index in [4.69, 9.17) is 9.47 Å². The highest BCUT2D eigenvalue weighted by atomic mass is 16.5. The lowest BCUT2D eigenvalue weighted by Crippen LogP contribution is -2.29. The Hall–Kier alpha value is -3.64. The third-order valence-electron chi connectivity index (χ3n) is 6.48. The second-order valence-corrected chi connectivity index (χ2v) is 10.4. The van der Waals surface area contributed by atoms with E-state index in [2.05, 4.69) is 31.3 Å². The number of carbonyl (C=O) groups excluding carboxylic acids is 1. The number of carboxylic acid groups (broad SMARTS) is 1. The molecule has 1 amide bonds. The summed E-state index contributed by atoms with van der Waals surface area (Å²) in [5, 5.41) is 13.4. The van der Waals surface area contributed by atoms with Crippen LogP contribution in [0, 0.1) is 27.7 Å². The molecule has 0 saturated carbocycles. The Balaban J connectivity index is 0.00000260. The Bertz CT molecular complexity index is 1330. The first-order valence-electron chi connectivity index (χ1n) is 13.3. The lowest BCUT2D eigenvalue weighted by atomic mass is 9.82. The lowest BCUT2D eigenvalue weighted by molar-refractivity contribution is -0.160. The molecular formula is C33H43NO5. The Morgan fingerprint density at radius 2 is 1.41 bits per heavy atom. The molecule has 39 heavy (non-hydrogen) atoms. The van der Waals surface area contributed by atoms with Crippen LogP contribution < -0.4 is 10.1 Å². The van der Waals surface area contributed by atoms with Crippen molar-refractivity contribution in [1.82, 2.24) is 0 Å². The van der Waals surface area contributed by atoms with Crippen molar-refractivity contribution in [2.45, 2.75) is 80.9 Å². The van der Waals surface area contributed by atoms with Crippen molar-refractivity contribution in [2.24, 2.45) is 0 Å². The quantitative estimate of drug-likeness (QED) is 0.320. The average molecular weight is 534 g/mol. The van der Waals surface area contributed by atoms with Gasteiger partial charge in [-0.05, 0) is 99.5 Å². The first-order chi connectivity index (χ1) is 18.2. The van der Waals surface area contributed by atoms with Crippen molar-refractivity contribution >= 4 is 17.6 Å². The number of amides is 1. The number of benzene rings is 3. The summed E-state index contributed by atoms with van der Waals surface area (Å²) < 4.78 is 11.5. The van der Waals surface area contributed by atoms with Crippen LogP contribution in [0.4, 0.5) is 5.69 Å². The van der Waals surface area contributed by atoms with Crippen LogP contribution in [0.15, 0.2) is 42.5 Å². The molecule has 3 aromatic rings. The summed E-state index contributed by atoms with van der Waals surface area (Å²) >= 11 is 0. The van der Waals surface area contributed by atoms with Crippen LogP contribution in [-0.4, -0.2) is 29.7 Å². The molecule has 6 nitrogen and oxygen atoms in total. The minimum atomic E-state index is -1.25. The summed E-state index contributed by atoms with van der Waals surface area (Å²) in [5.74, 6) is -0.635. The van der Waals surface area contributed by atoms with Gasteiger partial charge in [-0.25, -0.2) is 4.79 Å². The number of rotatable bonds is 7. The number of anilines is 1. The van der Waals surface area contributed by atoms with E-state index in [-0.39, 0.29) is 5.91 Å². The molecule has 210 valence electrons. The Labute approximate surface area is 233 Å². The summed E-state index contributed by atoms with van der Waals surface area (Å²) in [5.41, 5.74) is 7.56. The van der Waals surface area contributed by atoms with Crippen LogP contribution in [0.1, 0.15) is 75.5 Å². The normalized spacial score (nSPS) is 11.8. The van der Waals surface area contributed by atoms with Crippen molar-refractivity contribution in [1.29, 1.82) is 0 Å². The highest BCUT2D eigenvalue weighted by Crippen LogP contribution is 2.47. The fourth-order valence-electron chi connectivity index (χ4n) is 4.66. The van der Waals surface area contributed by atoms with E-state index in [1.54, 1.807) is 7.11 Å². The van der Waals surface area contributed by atoms with Crippen molar-refractivity contribution < 1.29 is 24.2 Å². The number of nitrogens with one attached hydrogen (secondary N) is 1. The van der Waals surface area contributed by atoms with E-state index in [1.807, 2.05) is 78.8 Å². The van der Waals surface area contributed by atoms with Gasteiger partial charge in [0.25, 0.3) is 0 Å². The fourth-order valence-corrected chi connectivity index (χ4v) is 4.66. The summed E-state index contributed by atoms with van der Waals surface area (Å²) in [6, 6.07) is 13.7. The molecule has 3 rings (SSSR count). The zero-order valence-corrected chi connectivity index (χ0v) is 25.2. The molecule has 0 saturated heterocycles. The number of ether oxygens (including phenoxy) is 2. The van der Waals surface area contributed by atoms with Crippen LogP contribution in [0.2, 0.25) is 0 Å². The smallest absolute Gasteiger partial charge is 0.337 e. The van der Waals surface area contributed by atoms with Gasteiger partial charge in [0.1, 0.15) is 5.75 Å². The number of aliphatic carboxylic acids is 1. The van der Waals surface area contributed by atoms with Gasteiger partial charge in [-0.3, -0.25) is 4.79 Å². The van der Waals surface area contributed by atoms with Crippen LogP contribution in [0.25, 0.3) is 22.3 Å². The molecule has 0 aliphatic carbocycles. The Morgan fingerprint density at radius 3 is 1.87 bits per heavy atom. The van der Waals surface area contributed by atoms with Gasteiger partial charge in [0.15, 0.2) is 6.10 Å². The number of aryl methyl sites for hydroxylation is 2. The van der Waals surface area contributed by atoms with Crippen LogP contribution in [0.3, 0.4) is 0 Å². The zero-order valence-electron chi connectivity index (χ0n) is 25.2. The Kier molecular flexibility index (Phi) is 10.5. The summed E-state index contributed by atoms with van der Waals surface area (Å²) in [6.07, 6.45) is -1.25. The number of methoxy groups -OCH3 is 1.